The van der Waals surface area contributed by atoms with Crippen molar-refractivity contribution < 1.29 is 23.4 Å². The maximum atomic E-state index is 13.6. The molecule has 42 heavy (non-hydrogen) atoms. The van der Waals surface area contributed by atoms with Crippen LogP contribution in [0.1, 0.15) is 45.9 Å². The molecule has 0 fully saturated rings. The van der Waals surface area contributed by atoms with Crippen LogP contribution in [0.25, 0.3) is 16.6 Å². The number of aromatic nitrogens is 4. The summed E-state index contributed by atoms with van der Waals surface area (Å²) in [7, 11) is 3.11. The van der Waals surface area contributed by atoms with E-state index >= 15 is 0 Å². The molecule has 2 aromatic heterocycles. The molecule has 11 heteroatoms. The van der Waals surface area contributed by atoms with Crippen molar-refractivity contribution in [1.29, 1.82) is 0 Å². The van der Waals surface area contributed by atoms with Crippen LogP contribution in [-0.2, 0) is 6.54 Å². The van der Waals surface area contributed by atoms with Crippen molar-refractivity contribution in [2.75, 3.05) is 14.2 Å². The van der Waals surface area contributed by atoms with Crippen LogP contribution in [0.5, 0.6) is 23.1 Å². The first-order valence-corrected chi connectivity index (χ1v) is 13.4. The summed E-state index contributed by atoms with van der Waals surface area (Å²) in [6.45, 7) is 2.43. The summed E-state index contributed by atoms with van der Waals surface area (Å²) in [4.78, 5) is 34.7. The zero-order valence-corrected chi connectivity index (χ0v) is 23.3. The Labute approximate surface area is 240 Å². The standard InChI is InChI=1S/C31H28FN5O5/c1-17-13-18(6-11-24(17)42-30-22-14-25(40-2)26(41-3)15-23(22)34-16-35-30)21-5-4-12-36-28(21)27(29(33)38)31(39)37(36)20-9-7-19(32)8-10-20/h6-11,13-16,21H,4-5,12H2,1-3H3,(H2,33,38). The molecule has 1 aliphatic rings. The first-order chi connectivity index (χ1) is 20.3. The zero-order chi connectivity index (χ0) is 29.5. The van der Waals surface area contributed by atoms with E-state index in [1.165, 1.54) is 35.3 Å². The predicted octanol–water partition coefficient (Wildman–Crippen LogP) is 4.86. The van der Waals surface area contributed by atoms with Gasteiger partial charge in [0.15, 0.2) is 11.5 Å². The lowest BCUT2D eigenvalue weighted by atomic mass is 9.86. The number of benzene rings is 3. The molecule has 1 amide bonds. The highest BCUT2D eigenvalue weighted by atomic mass is 19.1. The fourth-order valence-electron chi connectivity index (χ4n) is 5.66. The third-order valence-electron chi connectivity index (χ3n) is 7.60. The average molecular weight is 570 g/mol. The molecule has 0 radical (unpaired) electrons. The first kappa shape index (κ1) is 27.0. The number of hydrogen-bond donors (Lipinski definition) is 1. The second-order valence-corrected chi connectivity index (χ2v) is 10.1. The number of nitrogens with zero attached hydrogens (tertiary/aromatic N) is 4. The van der Waals surface area contributed by atoms with Crippen molar-refractivity contribution in [2.24, 2.45) is 5.73 Å². The van der Waals surface area contributed by atoms with Crippen LogP contribution in [0.2, 0.25) is 0 Å². The third kappa shape index (κ3) is 4.52. The molecule has 0 spiro atoms. The minimum atomic E-state index is -0.795. The van der Waals surface area contributed by atoms with E-state index in [2.05, 4.69) is 9.97 Å². The van der Waals surface area contributed by atoms with Crippen LogP contribution >= 0.6 is 0 Å². The molecule has 0 saturated heterocycles. The number of amides is 1. The van der Waals surface area contributed by atoms with E-state index in [1.54, 1.807) is 31.0 Å². The molecule has 214 valence electrons. The molecule has 5 aromatic rings. The molecule has 10 nitrogen and oxygen atoms in total. The van der Waals surface area contributed by atoms with Gasteiger partial charge in [-0.25, -0.2) is 19.0 Å². The van der Waals surface area contributed by atoms with Crippen LogP contribution in [0.4, 0.5) is 4.39 Å². The molecule has 1 unspecified atom stereocenters. The molecule has 2 N–H and O–H groups in total. The maximum Gasteiger partial charge on any atom is 0.284 e. The number of ether oxygens (including phenoxy) is 3. The zero-order valence-electron chi connectivity index (χ0n) is 23.3. The highest BCUT2D eigenvalue weighted by molar-refractivity contribution is 5.94. The van der Waals surface area contributed by atoms with Crippen LogP contribution in [-0.4, -0.2) is 39.5 Å². The van der Waals surface area contributed by atoms with Gasteiger partial charge >= 0.3 is 0 Å². The van der Waals surface area contributed by atoms with Gasteiger partial charge in [-0.3, -0.25) is 14.3 Å². The van der Waals surface area contributed by atoms with E-state index in [1.807, 2.05) is 25.1 Å². The molecule has 3 heterocycles. The number of nitrogens with two attached hydrogens (primary N) is 1. The van der Waals surface area contributed by atoms with Crippen LogP contribution in [0.15, 0.2) is 65.7 Å². The average Bonchev–Trinajstić information content (AvgIpc) is 3.30. The van der Waals surface area contributed by atoms with Gasteiger partial charge in [-0.1, -0.05) is 12.1 Å². The number of carbonyl (C=O) groups is 1. The van der Waals surface area contributed by atoms with Gasteiger partial charge in [0.2, 0.25) is 5.88 Å². The molecular weight excluding hydrogens is 541 g/mol. The number of primary amides is 1. The fourth-order valence-corrected chi connectivity index (χ4v) is 5.66. The first-order valence-electron chi connectivity index (χ1n) is 13.4. The van der Waals surface area contributed by atoms with Crippen molar-refractivity contribution in [1.82, 2.24) is 19.3 Å². The summed E-state index contributed by atoms with van der Waals surface area (Å²) >= 11 is 0. The Morgan fingerprint density at radius 3 is 2.43 bits per heavy atom. The van der Waals surface area contributed by atoms with Gasteiger partial charge in [0.25, 0.3) is 11.5 Å². The lowest BCUT2D eigenvalue weighted by Gasteiger charge is -2.27. The van der Waals surface area contributed by atoms with E-state index in [0.29, 0.717) is 58.4 Å². The Balaban J connectivity index is 1.39. The van der Waals surface area contributed by atoms with Crippen molar-refractivity contribution >= 4 is 16.8 Å². The van der Waals surface area contributed by atoms with Gasteiger partial charge in [0.05, 0.1) is 36.5 Å². The number of aryl methyl sites for hydroxylation is 1. The van der Waals surface area contributed by atoms with Crippen molar-refractivity contribution in [3.05, 3.63) is 99.5 Å². The molecule has 1 aliphatic heterocycles. The van der Waals surface area contributed by atoms with Gasteiger partial charge in [0.1, 0.15) is 23.5 Å². The Morgan fingerprint density at radius 1 is 1.00 bits per heavy atom. The molecule has 6 rings (SSSR count). The van der Waals surface area contributed by atoms with Crippen LogP contribution in [0.3, 0.4) is 0 Å². The van der Waals surface area contributed by atoms with Crippen molar-refractivity contribution in [3.8, 4) is 28.8 Å². The van der Waals surface area contributed by atoms with E-state index < -0.39 is 17.3 Å². The Hall–Kier alpha value is -5.19. The number of halogens is 1. The summed E-state index contributed by atoms with van der Waals surface area (Å²) in [6, 6.07) is 14.9. The molecular formula is C31H28FN5O5. The van der Waals surface area contributed by atoms with Crippen LogP contribution < -0.4 is 25.5 Å². The molecule has 0 aliphatic carbocycles. The maximum absolute atomic E-state index is 13.6. The van der Waals surface area contributed by atoms with Gasteiger partial charge in [0, 0.05) is 18.5 Å². The number of carbonyl (C=O) groups excluding carboxylic acids is 1. The van der Waals surface area contributed by atoms with Crippen molar-refractivity contribution in [2.45, 2.75) is 32.2 Å². The Kier molecular flexibility index (Phi) is 6.85. The summed E-state index contributed by atoms with van der Waals surface area (Å²) < 4.78 is 33.9. The summed E-state index contributed by atoms with van der Waals surface area (Å²) in [6.07, 6.45) is 2.90. The monoisotopic (exact) mass is 569 g/mol. The number of fused-ring (bicyclic) bond motifs is 2. The van der Waals surface area contributed by atoms with Gasteiger partial charge < -0.3 is 19.9 Å². The number of methoxy groups -OCH3 is 2. The van der Waals surface area contributed by atoms with Crippen molar-refractivity contribution in [3.63, 3.8) is 0 Å². The third-order valence-corrected chi connectivity index (χ3v) is 7.60. The topological polar surface area (TPSA) is 123 Å². The van der Waals surface area contributed by atoms with E-state index in [9.17, 15) is 14.0 Å². The predicted molar refractivity (Wildman–Crippen MR) is 153 cm³/mol. The Bertz CT molecular complexity index is 1900. The molecule has 1 atom stereocenters. The fraction of sp³-hybridized carbons (Fsp3) is 0.226. The Morgan fingerprint density at radius 2 is 1.74 bits per heavy atom. The number of hydrogen-bond acceptors (Lipinski definition) is 7. The van der Waals surface area contributed by atoms with Crippen LogP contribution in [0, 0.1) is 12.7 Å². The minimum absolute atomic E-state index is 0.0566. The summed E-state index contributed by atoms with van der Waals surface area (Å²) in [5.74, 6) is 0.534. The highest BCUT2D eigenvalue weighted by Gasteiger charge is 2.33. The minimum Gasteiger partial charge on any atom is -0.493 e. The summed E-state index contributed by atoms with van der Waals surface area (Å²) in [5, 5.41) is 0.656. The SMILES string of the molecule is COc1cc2ncnc(Oc3ccc(C4CCCn5c4c(C(N)=O)c(=O)n5-c4ccc(F)cc4)cc3C)c2cc1OC. The van der Waals surface area contributed by atoms with E-state index in [-0.39, 0.29) is 11.5 Å². The second-order valence-electron chi connectivity index (χ2n) is 10.1. The van der Waals surface area contributed by atoms with Gasteiger partial charge in [-0.2, -0.15) is 0 Å². The van der Waals surface area contributed by atoms with E-state index in [4.69, 9.17) is 19.9 Å². The number of rotatable bonds is 7. The lowest BCUT2D eigenvalue weighted by Crippen LogP contribution is -2.26. The smallest absolute Gasteiger partial charge is 0.284 e. The molecule has 0 bridgehead atoms. The molecule has 3 aromatic carbocycles. The van der Waals surface area contributed by atoms with E-state index in [0.717, 1.165) is 17.5 Å². The van der Waals surface area contributed by atoms with Gasteiger partial charge in [-0.05, 0) is 67.3 Å². The molecule has 0 saturated carbocycles. The lowest BCUT2D eigenvalue weighted by molar-refractivity contribution is 0.0997. The van der Waals surface area contributed by atoms with Gasteiger partial charge in [-0.15, -0.1) is 0 Å². The highest BCUT2D eigenvalue weighted by Crippen LogP contribution is 2.39. The normalized spacial score (nSPS) is 14.4. The summed E-state index contributed by atoms with van der Waals surface area (Å²) in [5.41, 5.74) is 8.56. The second kappa shape index (κ2) is 10.7. The quantitative estimate of drug-likeness (QED) is 0.297. The largest absolute Gasteiger partial charge is 0.493 e.